The Labute approximate surface area is 157 Å². The molecule has 2 atom stereocenters. The minimum atomic E-state index is -3.55. The van der Waals surface area contributed by atoms with E-state index in [1.54, 1.807) is 32.4 Å². The van der Waals surface area contributed by atoms with E-state index >= 15 is 0 Å². The molecule has 7 nitrogen and oxygen atoms in total. The molecule has 1 aliphatic heterocycles. The molecule has 0 saturated carbocycles. The van der Waals surface area contributed by atoms with Gasteiger partial charge in [-0.25, -0.2) is 18.1 Å². The van der Waals surface area contributed by atoms with Crippen LogP contribution in [0.2, 0.25) is 0 Å². The molecule has 0 aromatic carbocycles. The molecule has 0 aliphatic carbocycles. The van der Waals surface area contributed by atoms with E-state index in [0.717, 1.165) is 0 Å². The van der Waals surface area contributed by atoms with E-state index in [1.807, 2.05) is 25.1 Å². The molecule has 9 heteroatoms. The molecule has 0 spiro atoms. The molecule has 0 amide bonds. The van der Waals surface area contributed by atoms with Gasteiger partial charge in [-0.2, -0.15) is 0 Å². The molecule has 1 N–H and O–H groups in total. The largest absolute Gasteiger partial charge is 0.497 e. The van der Waals surface area contributed by atoms with Crippen LogP contribution in [0.4, 0.5) is 0 Å². The van der Waals surface area contributed by atoms with Crippen LogP contribution in [0.15, 0.2) is 41.5 Å². The number of thioether (sulfide) groups is 1. The van der Waals surface area contributed by atoms with Crippen molar-refractivity contribution in [2.75, 3.05) is 7.11 Å². The minimum absolute atomic E-state index is 0.0534. The normalized spacial score (nSPS) is 20.0. The number of aliphatic imine (C=N–C) groups is 1. The van der Waals surface area contributed by atoms with Crippen molar-refractivity contribution in [2.24, 2.45) is 4.99 Å². The Morgan fingerprint density at radius 3 is 2.69 bits per heavy atom. The number of methoxy groups -OCH3 is 1. The van der Waals surface area contributed by atoms with Crippen molar-refractivity contribution in [1.29, 1.82) is 0 Å². The quantitative estimate of drug-likeness (QED) is 0.812. The van der Waals surface area contributed by atoms with Crippen LogP contribution in [0, 0.1) is 0 Å². The van der Waals surface area contributed by atoms with Gasteiger partial charge in [0.1, 0.15) is 5.75 Å². The lowest BCUT2D eigenvalue weighted by atomic mass is 10.2. The molecule has 0 saturated heterocycles. The second-order valence-corrected chi connectivity index (χ2v) is 9.38. The second kappa shape index (κ2) is 7.73. The van der Waals surface area contributed by atoms with Gasteiger partial charge in [-0.15, -0.1) is 11.8 Å². The first-order valence-corrected chi connectivity index (χ1v) is 10.5. The summed E-state index contributed by atoms with van der Waals surface area (Å²) in [4.78, 5) is 13.1. The van der Waals surface area contributed by atoms with Crippen LogP contribution in [0.5, 0.6) is 5.75 Å². The molecule has 2 aromatic heterocycles. The Bertz CT molecular complexity index is 917. The molecule has 3 heterocycles. The molecule has 1 aliphatic rings. The van der Waals surface area contributed by atoms with Gasteiger partial charge in [0.15, 0.2) is 4.58 Å². The molecule has 3 rings (SSSR count). The predicted octanol–water partition coefficient (Wildman–Crippen LogP) is 2.45. The molecule has 0 fully saturated rings. The van der Waals surface area contributed by atoms with Gasteiger partial charge in [0.05, 0.1) is 36.1 Å². The van der Waals surface area contributed by atoms with Crippen molar-refractivity contribution in [3.05, 3.63) is 42.2 Å². The van der Waals surface area contributed by atoms with Gasteiger partial charge < -0.3 is 4.74 Å². The minimum Gasteiger partial charge on any atom is -0.497 e. The van der Waals surface area contributed by atoms with Crippen molar-refractivity contribution < 1.29 is 13.2 Å². The van der Waals surface area contributed by atoms with Crippen LogP contribution < -0.4 is 9.46 Å². The van der Waals surface area contributed by atoms with Gasteiger partial charge >= 0.3 is 0 Å². The lowest BCUT2D eigenvalue weighted by Crippen LogP contribution is -2.35. The number of pyridine rings is 2. The number of sulfonamides is 1. The van der Waals surface area contributed by atoms with E-state index in [-0.39, 0.29) is 11.9 Å². The summed E-state index contributed by atoms with van der Waals surface area (Å²) in [5.41, 5.74) is 2.49. The summed E-state index contributed by atoms with van der Waals surface area (Å²) >= 11 is 1.31. The van der Waals surface area contributed by atoms with Gasteiger partial charge in [0, 0.05) is 24.0 Å². The topological polar surface area (TPSA) is 93.5 Å². The van der Waals surface area contributed by atoms with Crippen LogP contribution in [0.1, 0.15) is 19.5 Å². The zero-order chi connectivity index (χ0) is 18.7. The highest BCUT2D eigenvalue weighted by Crippen LogP contribution is 2.31. The van der Waals surface area contributed by atoms with Crippen LogP contribution in [0.3, 0.4) is 0 Å². The van der Waals surface area contributed by atoms with Crippen LogP contribution >= 0.6 is 11.8 Å². The summed E-state index contributed by atoms with van der Waals surface area (Å²) in [6.45, 7) is 3.69. The average molecular weight is 393 g/mol. The lowest BCUT2D eigenvalue weighted by Gasteiger charge is -2.14. The fourth-order valence-corrected chi connectivity index (χ4v) is 5.74. The lowest BCUT2D eigenvalue weighted by molar-refractivity contribution is 0.413. The van der Waals surface area contributed by atoms with Gasteiger partial charge in [0.2, 0.25) is 10.0 Å². The van der Waals surface area contributed by atoms with Gasteiger partial charge in [-0.3, -0.25) is 9.98 Å². The van der Waals surface area contributed by atoms with Crippen molar-refractivity contribution >= 4 is 27.5 Å². The highest BCUT2D eigenvalue weighted by Gasteiger charge is 2.34. The number of aromatic nitrogens is 2. The fourth-order valence-electron chi connectivity index (χ4n) is 2.62. The molecular weight excluding hydrogens is 372 g/mol. The fraction of sp³-hybridized carbons (Fsp3) is 0.353. The molecule has 138 valence electrons. The summed E-state index contributed by atoms with van der Waals surface area (Å²) in [7, 11) is -1.99. The summed E-state index contributed by atoms with van der Waals surface area (Å²) in [6, 6.07) is 9.01. The predicted molar refractivity (Wildman–Crippen MR) is 104 cm³/mol. The average Bonchev–Trinajstić information content (AvgIpc) is 2.99. The standard InChI is InChI=1S/C17H20N4O3S2/c1-11-17(25-12(2)20-11)26(22,23)19-10-13-8-14(24-3)9-16(21-13)15-6-4-5-7-18-15/h4-9,12,17,19H,10H2,1-3H3. The van der Waals surface area contributed by atoms with E-state index in [0.29, 0.717) is 28.5 Å². The summed E-state index contributed by atoms with van der Waals surface area (Å²) < 4.78 is 32.4. The maximum absolute atomic E-state index is 12.6. The number of nitrogens with zero attached hydrogens (tertiary/aromatic N) is 3. The Hall–Kier alpha value is -1.97. The van der Waals surface area contributed by atoms with E-state index < -0.39 is 14.6 Å². The first-order valence-electron chi connectivity index (χ1n) is 8.03. The molecule has 26 heavy (non-hydrogen) atoms. The van der Waals surface area contributed by atoms with Crippen molar-refractivity contribution in [3.8, 4) is 17.1 Å². The monoisotopic (exact) mass is 392 g/mol. The van der Waals surface area contributed by atoms with E-state index in [2.05, 4.69) is 19.7 Å². The first kappa shape index (κ1) is 18.8. The van der Waals surface area contributed by atoms with Crippen LogP contribution in [-0.4, -0.2) is 41.2 Å². The number of hydrogen-bond donors (Lipinski definition) is 1. The second-order valence-electron chi connectivity index (χ2n) is 5.80. The Kier molecular flexibility index (Phi) is 5.59. The molecule has 2 unspecified atom stereocenters. The third kappa shape index (κ3) is 4.22. The van der Waals surface area contributed by atoms with Gasteiger partial charge in [-0.1, -0.05) is 6.07 Å². The highest BCUT2D eigenvalue weighted by atomic mass is 32.3. The molecule has 0 radical (unpaired) electrons. The van der Waals surface area contributed by atoms with Crippen molar-refractivity contribution in [1.82, 2.24) is 14.7 Å². The van der Waals surface area contributed by atoms with Crippen molar-refractivity contribution in [3.63, 3.8) is 0 Å². The number of rotatable bonds is 6. The molecule has 2 aromatic rings. The molecule has 0 bridgehead atoms. The smallest absolute Gasteiger partial charge is 0.229 e. The van der Waals surface area contributed by atoms with E-state index in [9.17, 15) is 8.42 Å². The zero-order valence-electron chi connectivity index (χ0n) is 14.7. The number of nitrogens with one attached hydrogen (secondary N) is 1. The maximum Gasteiger partial charge on any atom is 0.229 e. The Morgan fingerprint density at radius 1 is 1.27 bits per heavy atom. The SMILES string of the molecule is COc1cc(CNS(=O)(=O)C2SC(C)N=C2C)nc(-c2ccccn2)c1. The van der Waals surface area contributed by atoms with Crippen molar-refractivity contribution in [2.45, 2.75) is 30.3 Å². The number of hydrogen-bond acceptors (Lipinski definition) is 7. The Morgan fingerprint density at radius 2 is 2.08 bits per heavy atom. The highest BCUT2D eigenvalue weighted by molar-refractivity contribution is 8.14. The summed E-state index contributed by atoms with van der Waals surface area (Å²) in [6.07, 6.45) is 1.68. The van der Waals surface area contributed by atoms with Gasteiger partial charge in [0.25, 0.3) is 0 Å². The summed E-state index contributed by atoms with van der Waals surface area (Å²) in [5.74, 6) is 0.594. The number of ether oxygens (including phenoxy) is 1. The van der Waals surface area contributed by atoms with Gasteiger partial charge in [-0.05, 0) is 26.0 Å². The first-order chi connectivity index (χ1) is 12.4. The van der Waals surface area contributed by atoms with Crippen LogP contribution in [0.25, 0.3) is 11.4 Å². The molecular formula is C17H20N4O3S2. The maximum atomic E-state index is 12.6. The van der Waals surface area contributed by atoms with E-state index in [4.69, 9.17) is 4.74 Å². The third-order valence-electron chi connectivity index (χ3n) is 3.80. The van der Waals surface area contributed by atoms with E-state index in [1.165, 1.54) is 11.8 Å². The zero-order valence-corrected chi connectivity index (χ0v) is 16.3. The summed E-state index contributed by atoms with van der Waals surface area (Å²) in [5, 5.41) is -0.0534. The third-order valence-corrected chi connectivity index (χ3v) is 7.43. The van der Waals surface area contributed by atoms with Crippen LogP contribution in [-0.2, 0) is 16.6 Å². The Balaban J connectivity index is 1.81.